The number of hydrogen-bond donors (Lipinski definition) is 1. The van der Waals surface area contributed by atoms with Crippen LogP contribution in [-0.4, -0.2) is 38.4 Å². The fraction of sp³-hybridized carbons (Fsp3) is 0.207. The van der Waals surface area contributed by atoms with Gasteiger partial charge in [0.15, 0.2) is 11.5 Å². The Hall–Kier alpha value is -4.99. The second-order valence-electron chi connectivity index (χ2n) is 8.80. The lowest BCUT2D eigenvalue weighted by Crippen LogP contribution is -2.22. The van der Waals surface area contributed by atoms with Gasteiger partial charge in [-0.05, 0) is 35.4 Å². The van der Waals surface area contributed by atoms with Crippen molar-refractivity contribution < 1.29 is 42.8 Å². The van der Waals surface area contributed by atoms with Crippen molar-refractivity contribution in [3.8, 4) is 45.6 Å². The smallest absolute Gasteiger partial charge is 0.312 e. The molecule has 4 aromatic rings. The first-order valence-electron chi connectivity index (χ1n) is 11.9. The lowest BCUT2D eigenvalue weighted by atomic mass is 9.84. The highest BCUT2D eigenvalue weighted by atomic mass is 16.6. The van der Waals surface area contributed by atoms with Crippen molar-refractivity contribution in [3.05, 3.63) is 70.1 Å². The molecule has 10 heteroatoms. The number of benzene rings is 3. The molecule has 5 rings (SSSR count). The quantitative estimate of drug-likeness (QED) is 0.279. The average molecular weight is 533 g/mol. The molecule has 0 saturated heterocycles. The molecule has 0 unspecified atom stereocenters. The number of carbonyl (C=O) groups is 2. The molecule has 0 radical (unpaired) electrons. The molecule has 1 atom stereocenters. The Kier molecular flexibility index (Phi) is 6.61. The minimum Gasteiger partial charge on any atom is -0.507 e. The van der Waals surface area contributed by atoms with Crippen molar-refractivity contribution in [1.29, 1.82) is 0 Å². The SMILES string of the molecule is COc1ccc(-c2coc3c4c(cc(O)c3c2=O)OC(=O)C[C@H]4c2cc(OC)c(OC(C)=O)c(OC)c2)cc1. The van der Waals surface area contributed by atoms with E-state index in [0.29, 0.717) is 22.4 Å². The number of methoxy groups -OCH3 is 3. The highest BCUT2D eigenvalue weighted by Gasteiger charge is 2.35. The molecule has 39 heavy (non-hydrogen) atoms. The average Bonchev–Trinajstić information content (AvgIpc) is 2.92. The lowest BCUT2D eigenvalue weighted by Gasteiger charge is -2.27. The first-order valence-corrected chi connectivity index (χ1v) is 11.9. The standard InChI is InChI=1S/C29H24O10/c1-14(30)38-28-22(35-3)9-16(10-23(28)36-4)18-11-24(32)39-21-12-20(31)26-27(33)19(13-37-29(26)25(18)21)15-5-7-17(34-2)8-6-15/h5-10,12-13,18,31H,11H2,1-4H3/t18-/m0/s1. The Morgan fingerprint density at radius 2 is 1.64 bits per heavy atom. The van der Waals surface area contributed by atoms with E-state index in [-0.39, 0.29) is 51.7 Å². The summed E-state index contributed by atoms with van der Waals surface area (Å²) in [6.45, 7) is 1.25. The Balaban J connectivity index is 1.73. The largest absolute Gasteiger partial charge is 0.507 e. The predicted octanol–water partition coefficient (Wildman–Crippen LogP) is 4.56. The summed E-state index contributed by atoms with van der Waals surface area (Å²) in [5, 5.41) is 10.8. The molecule has 0 aliphatic carbocycles. The molecule has 2 heterocycles. The molecule has 1 aliphatic heterocycles. The molecule has 1 N–H and O–H groups in total. The molecule has 0 bridgehead atoms. The van der Waals surface area contributed by atoms with Crippen LogP contribution >= 0.6 is 0 Å². The molecule has 0 fully saturated rings. The molecule has 200 valence electrons. The molecule has 1 aromatic heterocycles. The van der Waals surface area contributed by atoms with E-state index in [9.17, 15) is 19.5 Å². The van der Waals surface area contributed by atoms with Crippen molar-refractivity contribution in [2.45, 2.75) is 19.3 Å². The molecule has 3 aromatic carbocycles. The zero-order chi connectivity index (χ0) is 27.8. The second kappa shape index (κ2) is 10.1. The van der Waals surface area contributed by atoms with Crippen LogP contribution in [0.4, 0.5) is 0 Å². The van der Waals surface area contributed by atoms with E-state index < -0.39 is 23.3 Å². The third kappa shape index (κ3) is 4.50. The zero-order valence-electron chi connectivity index (χ0n) is 21.5. The second-order valence-corrected chi connectivity index (χ2v) is 8.80. The molecule has 0 spiro atoms. The van der Waals surface area contributed by atoms with E-state index in [1.807, 2.05) is 0 Å². The van der Waals surface area contributed by atoms with Crippen LogP contribution in [0.1, 0.15) is 30.4 Å². The van der Waals surface area contributed by atoms with Gasteiger partial charge < -0.3 is 33.2 Å². The van der Waals surface area contributed by atoms with Crippen LogP contribution in [0.3, 0.4) is 0 Å². The van der Waals surface area contributed by atoms with Crippen LogP contribution in [0.2, 0.25) is 0 Å². The summed E-state index contributed by atoms with van der Waals surface area (Å²) in [6.07, 6.45) is 1.21. The van der Waals surface area contributed by atoms with Gasteiger partial charge in [0, 0.05) is 24.5 Å². The van der Waals surface area contributed by atoms with E-state index in [1.54, 1.807) is 43.5 Å². The number of esters is 2. The molecule has 10 nitrogen and oxygen atoms in total. The summed E-state index contributed by atoms with van der Waals surface area (Å²) in [7, 11) is 4.35. The van der Waals surface area contributed by atoms with Crippen molar-refractivity contribution in [2.75, 3.05) is 21.3 Å². The Morgan fingerprint density at radius 3 is 2.23 bits per heavy atom. The fourth-order valence-corrected chi connectivity index (χ4v) is 4.73. The van der Waals surface area contributed by atoms with Gasteiger partial charge in [-0.3, -0.25) is 14.4 Å². The zero-order valence-corrected chi connectivity index (χ0v) is 21.5. The van der Waals surface area contributed by atoms with Crippen LogP contribution in [0.25, 0.3) is 22.1 Å². The maximum atomic E-state index is 13.6. The minimum absolute atomic E-state index is 0.0551. The maximum absolute atomic E-state index is 13.6. The van der Waals surface area contributed by atoms with Crippen molar-refractivity contribution in [2.24, 2.45) is 0 Å². The van der Waals surface area contributed by atoms with Gasteiger partial charge in [-0.15, -0.1) is 0 Å². The van der Waals surface area contributed by atoms with E-state index >= 15 is 0 Å². The molecule has 0 saturated carbocycles. The summed E-state index contributed by atoms with van der Waals surface area (Å²) >= 11 is 0. The number of ether oxygens (including phenoxy) is 5. The Bertz CT molecular complexity index is 1640. The van der Waals surface area contributed by atoms with Gasteiger partial charge in [-0.25, -0.2) is 0 Å². The number of carbonyl (C=O) groups excluding carboxylic acids is 2. The third-order valence-corrected chi connectivity index (χ3v) is 6.50. The number of hydrogen-bond acceptors (Lipinski definition) is 10. The summed E-state index contributed by atoms with van der Waals surface area (Å²) < 4.78 is 32.8. The van der Waals surface area contributed by atoms with Gasteiger partial charge in [-0.1, -0.05) is 12.1 Å². The number of aromatic hydroxyl groups is 1. The van der Waals surface area contributed by atoms with Crippen LogP contribution in [0, 0.1) is 0 Å². The van der Waals surface area contributed by atoms with Crippen molar-refractivity contribution in [3.63, 3.8) is 0 Å². The first-order chi connectivity index (χ1) is 18.7. The highest BCUT2D eigenvalue weighted by molar-refractivity contribution is 5.94. The lowest BCUT2D eigenvalue weighted by molar-refractivity contribution is -0.135. The fourth-order valence-electron chi connectivity index (χ4n) is 4.73. The van der Waals surface area contributed by atoms with Gasteiger partial charge in [0.05, 0.1) is 33.3 Å². The first kappa shape index (κ1) is 25.7. The van der Waals surface area contributed by atoms with E-state index in [4.69, 9.17) is 28.1 Å². The van der Waals surface area contributed by atoms with Gasteiger partial charge in [0.1, 0.15) is 34.5 Å². The maximum Gasteiger partial charge on any atom is 0.312 e. The topological polar surface area (TPSA) is 131 Å². The highest BCUT2D eigenvalue weighted by Crippen LogP contribution is 2.49. The third-order valence-electron chi connectivity index (χ3n) is 6.50. The van der Waals surface area contributed by atoms with Gasteiger partial charge in [-0.2, -0.15) is 0 Å². The van der Waals surface area contributed by atoms with Gasteiger partial charge in [0.2, 0.25) is 11.2 Å². The summed E-state index contributed by atoms with van der Waals surface area (Å²) in [5.74, 6) is -1.01. The van der Waals surface area contributed by atoms with E-state index in [0.717, 1.165) is 0 Å². The normalized spacial score (nSPS) is 14.4. The van der Waals surface area contributed by atoms with Crippen LogP contribution < -0.4 is 29.1 Å². The monoisotopic (exact) mass is 532 g/mol. The van der Waals surface area contributed by atoms with Crippen LogP contribution in [-0.2, 0) is 9.59 Å². The molecule has 0 amide bonds. The molecule has 1 aliphatic rings. The minimum atomic E-state index is -0.673. The van der Waals surface area contributed by atoms with Gasteiger partial charge >= 0.3 is 11.9 Å². The molecular weight excluding hydrogens is 508 g/mol. The summed E-state index contributed by atoms with van der Waals surface area (Å²) in [6, 6.07) is 11.3. The summed E-state index contributed by atoms with van der Waals surface area (Å²) in [4.78, 5) is 37.8. The van der Waals surface area contributed by atoms with Crippen molar-refractivity contribution >= 4 is 22.9 Å². The van der Waals surface area contributed by atoms with Crippen LogP contribution in [0.5, 0.6) is 34.5 Å². The van der Waals surface area contributed by atoms with Gasteiger partial charge in [0.25, 0.3) is 0 Å². The number of rotatable bonds is 6. The Morgan fingerprint density at radius 1 is 0.974 bits per heavy atom. The van der Waals surface area contributed by atoms with Crippen molar-refractivity contribution in [1.82, 2.24) is 0 Å². The number of phenolic OH excluding ortho intramolecular Hbond substituents is 1. The predicted molar refractivity (Wildman–Crippen MR) is 139 cm³/mol. The molecular formula is C29H24O10. The van der Waals surface area contributed by atoms with Crippen LogP contribution in [0.15, 0.2) is 57.9 Å². The van der Waals surface area contributed by atoms with E-state index in [1.165, 1.54) is 33.5 Å². The Labute approximate surface area is 222 Å². The van der Waals surface area contributed by atoms with E-state index in [2.05, 4.69) is 0 Å². The summed E-state index contributed by atoms with van der Waals surface area (Å²) in [5.41, 5.74) is 1.36. The number of phenols is 1. The number of fused-ring (bicyclic) bond motifs is 3.